The number of rotatable bonds is 4. The van der Waals surface area contributed by atoms with Gasteiger partial charge in [-0.2, -0.15) is 0 Å². The monoisotopic (exact) mass is 300 g/mol. The summed E-state index contributed by atoms with van der Waals surface area (Å²) in [4.78, 5) is 13.6. The van der Waals surface area contributed by atoms with E-state index in [-0.39, 0.29) is 12.4 Å². The van der Waals surface area contributed by atoms with Crippen LogP contribution in [0.4, 0.5) is 0 Å². The molecule has 0 radical (unpaired) electrons. The number of hydrogen-bond acceptors (Lipinski definition) is 3. The number of benzene rings is 1. The number of carbonyl (C=O) groups excluding carboxylic acids is 1. The van der Waals surface area contributed by atoms with Crippen molar-refractivity contribution >= 4 is 40.3 Å². The maximum Gasteiger partial charge on any atom is 0.210 e. The Balaban J connectivity index is 2.01. The molecule has 0 aliphatic carbocycles. The number of thiophene rings is 1. The highest BCUT2D eigenvalue weighted by atomic mass is 35.5. The van der Waals surface area contributed by atoms with Crippen LogP contribution in [0.1, 0.15) is 14.5 Å². The number of Topliss-reactive ketones (excluding diaryl/α,β-unsaturated/α-hetero) is 1. The largest absolute Gasteiger partial charge is 0.484 e. The lowest BCUT2D eigenvalue weighted by Crippen LogP contribution is -2.10. The van der Waals surface area contributed by atoms with E-state index in [1.165, 1.54) is 11.3 Å². The van der Waals surface area contributed by atoms with Crippen LogP contribution in [-0.4, -0.2) is 12.4 Å². The van der Waals surface area contributed by atoms with Crippen LogP contribution in [0.15, 0.2) is 30.3 Å². The first kappa shape index (κ1) is 13.4. The van der Waals surface area contributed by atoms with Crippen LogP contribution >= 0.6 is 34.5 Å². The molecule has 5 heteroatoms. The van der Waals surface area contributed by atoms with Crippen LogP contribution in [-0.2, 0) is 0 Å². The first-order chi connectivity index (χ1) is 8.56. The number of aryl methyl sites for hydroxylation is 1. The van der Waals surface area contributed by atoms with E-state index < -0.39 is 0 Å². The summed E-state index contributed by atoms with van der Waals surface area (Å²) >= 11 is 13.2. The zero-order valence-corrected chi connectivity index (χ0v) is 11.9. The van der Waals surface area contributed by atoms with E-state index in [4.69, 9.17) is 27.9 Å². The van der Waals surface area contributed by atoms with E-state index >= 15 is 0 Å². The molecule has 0 unspecified atom stereocenters. The zero-order valence-electron chi connectivity index (χ0n) is 9.57. The summed E-state index contributed by atoms with van der Waals surface area (Å²) in [6.07, 6.45) is 0. The van der Waals surface area contributed by atoms with Crippen molar-refractivity contribution in [1.82, 2.24) is 0 Å². The zero-order chi connectivity index (χ0) is 13.1. The summed E-state index contributed by atoms with van der Waals surface area (Å²) in [5, 5.41) is 0.935. The summed E-state index contributed by atoms with van der Waals surface area (Å²) in [5.41, 5.74) is 0. The predicted molar refractivity (Wildman–Crippen MR) is 75.3 cm³/mol. The molecule has 0 amide bonds. The lowest BCUT2D eigenvalue weighted by Gasteiger charge is -2.06. The molecule has 0 spiro atoms. The average Bonchev–Trinajstić information content (AvgIpc) is 2.74. The number of halogens is 2. The molecule has 18 heavy (non-hydrogen) atoms. The molecule has 0 N–H and O–H groups in total. The Morgan fingerprint density at radius 1 is 1.28 bits per heavy atom. The molecule has 2 rings (SSSR count). The Bertz CT molecular complexity index is 578. The van der Waals surface area contributed by atoms with Crippen molar-refractivity contribution < 1.29 is 9.53 Å². The fourth-order valence-corrected chi connectivity index (χ4v) is 2.65. The molecule has 0 saturated heterocycles. The highest BCUT2D eigenvalue weighted by Crippen LogP contribution is 2.27. The van der Waals surface area contributed by atoms with Gasteiger partial charge in [-0.15, -0.1) is 11.3 Å². The maximum absolute atomic E-state index is 11.8. The van der Waals surface area contributed by atoms with Gasteiger partial charge in [0.1, 0.15) is 5.75 Å². The third-order valence-corrected chi connectivity index (χ3v) is 3.84. The second-order valence-corrected chi connectivity index (χ2v) is 5.83. The summed E-state index contributed by atoms with van der Waals surface area (Å²) in [7, 11) is 0. The Kier molecular flexibility index (Phi) is 4.27. The van der Waals surface area contributed by atoms with Gasteiger partial charge in [-0.25, -0.2) is 0 Å². The van der Waals surface area contributed by atoms with Crippen molar-refractivity contribution in [2.24, 2.45) is 0 Å². The Morgan fingerprint density at radius 2 is 2.06 bits per heavy atom. The summed E-state index contributed by atoms with van der Waals surface area (Å²) in [5.74, 6) is 0.404. The van der Waals surface area contributed by atoms with Gasteiger partial charge in [0.05, 0.1) is 9.90 Å². The average molecular weight is 301 g/mol. The van der Waals surface area contributed by atoms with E-state index in [0.29, 0.717) is 20.7 Å². The number of carbonyl (C=O) groups is 1. The molecule has 1 aromatic heterocycles. The van der Waals surface area contributed by atoms with Crippen LogP contribution in [0.2, 0.25) is 10.0 Å². The van der Waals surface area contributed by atoms with Gasteiger partial charge in [-0.05, 0) is 37.3 Å². The highest BCUT2D eigenvalue weighted by molar-refractivity contribution is 7.14. The van der Waals surface area contributed by atoms with Crippen molar-refractivity contribution in [1.29, 1.82) is 0 Å². The minimum Gasteiger partial charge on any atom is -0.484 e. The summed E-state index contributed by atoms with van der Waals surface area (Å²) in [6.45, 7) is 1.93. The standard InChI is InChI=1S/C13H10Cl2O2S/c1-8-2-5-13(18-8)11(16)7-17-12-4-3-9(14)6-10(12)15/h2-6H,7H2,1H3. The van der Waals surface area contributed by atoms with E-state index in [1.807, 2.05) is 13.0 Å². The first-order valence-electron chi connectivity index (χ1n) is 5.24. The minimum atomic E-state index is -0.0564. The molecule has 0 atom stereocenters. The number of ether oxygens (including phenoxy) is 1. The van der Waals surface area contributed by atoms with Crippen LogP contribution in [0.5, 0.6) is 5.75 Å². The van der Waals surface area contributed by atoms with Crippen molar-refractivity contribution in [3.05, 3.63) is 50.1 Å². The van der Waals surface area contributed by atoms with Gasteiger partial charge in [0, 0.05) is 9.90 Å². The first-order valence-corrected chi connectivity index (χ1v) is 6.81. The number of ketones is 1. The van der Waals surface area contributed by atoms with Crippen molar-refractivity contribution in [2.75, 3.05) is 6.61 Å². The van der Waals surface area contributed by atoms with E-state index in [9.17, 15) is 4.79 Å². The quantitative estimate of drug-likeness (QED) is 0.770. The van der Waals surface area contributed by atoms with Gasteiger partial charge in [-0.1, -0.05) is 23.2 Å². The van der Waals surface area contributed by atoms with Gasteiger partial charge >= 0.3 is 0 Å². The normalized spacial score (nSPS) is 10.4. The van der Waals surface area contributed by atoms with Crippen molar-refractivity contribution in [3.63, 3.8) is 0 Å². The molecular formula is C13H10Cl2O2S. The third-order valence-electron chi connectivity index (χ3n) is 2.27. The minimum absolute atomic E-state index is 0.0265. The topological polar surface area (TPSA) is 26.3 Å². The van der Waals surface area contributed by atoms with E-state index in [1.54, 1.807) is 24.3 Å². The molecule has 0 fully saturated rings. The second-order valence-electron chi connectivity index (χ2n) is 3.70. The van der Waals surface area contributed by atoms with Crippen LogP contribution in [0.3, 0.4) is 0 Å². The summed E-state index contributed by atoms with van der Waals surface area (Å²) in [6, 6.07) is 8.61. The predicted octanol–water partition coefficient (Wildman–Crippen LogP) is 4.63. The third kappa shape index (κ3) is 3.25. The van der Waals surface area contributed by atoms with E-state index in [0.717, 1.165) is 4.88 Å². The molecule has 2 aromatic rings. The molecule has 0 bridgehead atoms. The van der Waals surface area contributed by atoms with Gasteiger partial charge < -0.3 is 4.74 Å². The second kappa shape index (κ2) is 5.74. The van der Waals surface area contributed by atoms with Gasteiger partial charge in [0.15, 0.2) is 6.61 Å². The number of hydrogen-bond donors (Lipinski definition) is 0. The Hall–Kier alpha value is -1.03. The molecule has 0 aliphatic rings. The molecular weight excluding hydrogens is 291 g/mol. The SMILES string of the molecule is Cc1ccc(C(=O)COc2ccc(Cl)cc2Cl)s1. The lowest BCUT2D eigenvalue weighted by molar-refractivity contribution is 0.0925. The fourth-order valence-electron chi connectivity index (χ4n) is 1.39. The summed E-state index contributed by atoms with van der Waals surface area (Å²) < 4.78 is 5.38. The highest BCUT2D eigenvalue weighted by Gasteiger charge is 2.10. The van der Waals surface area contributed by atoms with Crippen LogP contribution in [0.25, 0.3) is 0 Å². The molecule has 0 saturated carbocycles. The molecule has 0 aliphatic heterocycles. The maximum atomic E-state index is 11.8. The lowest BCUT2D eigenvalue weighted by atomic mass is 10.3. The molecule has 1 heterocycles. The fraction of sp³-hybridized carbons (Fsp3) is 0.154. The Labute approximate surface area is 119 Å². The van der Waals surface area contributed by atoms with Crippen molar-refractivity contribution in [2.45, 2.75) is 6.92 Å². The van der Waals surface area contributed by atoms with Gasteiger partial charge in [-0.3, -0.25) is 4.79 Å². The van der Waals surface area contributed by atoms with Gasteiger partial charge in [0.25, 0.3) is 0 Å². The van der Waals surface area contributed by atoms with Crippen molar-refractivity contribution in [3.8, 4) is 5.75 Å². The van der Waals surface area contributed by atoms with Gasteiger partial charge in [0.2, 0.25) is 5.78 Å². The Morgan fingerprint density at radius 3 is 2.67 bits per heavy atom. The molecule has 94 valence electrons. The molecule has 2 nitrogen and oxygen atoms in total. The van der Waals surface area contributed by atoms with Crippen LogP contribution in [0, 0.1) is 6.92 Å². The molecule has 1 aromatic carbocycles. The smallest absolute Gasteiger partial charge is 0.210 e. The van der Waals surface area contributed by atoms with Crippen LogP contribution < -0.4 is 4.74 Å². The van der Waals surface area contributed by atoms with E-state index in [2.05, 4.69) is 0 Å².